The molecule has 2 aromatic rings. The predicted molar refractivity (Wildman–Crippen MR) is 84.2 cm³/mol. The monoisotopic (exact) mass is 272 g/mol. The third-order valence-corrected chi connectivity index (χ3v) is 3.20. The van der Waals surface area contributed by atoms with Gasteiger partial charge in [-0.05, 0) is 18.2 Å². The molecular weight excluding hydrogens is 248 g/mol. The van der Waals surface area contributed by atoms with E-state index < -0.39 is 0 Å². The van der Waals surface area contributed by atoms with Crippen LogP contribution in [0.25, 0.3) is 10.9 Å². The number of nitrogens with zero attached hydrogens (tertiary/aromatic N) is 1. The van der Waals surface area contributed by atoms with Crippen LogP contribution < -0.4 is 10.1 Å². The normalized spacial score (nSPS) is 12.1. The van der Waals surface area contributed by atoms with Gasteiger partial charge in [-0.15, -0.1) is 0 Å². The molecular formula is C17H24N2O. The highest BCUT2D eigenvalue weighted by Crippen LogP contribution is 2.21. The number of pyridine rings is 1. The van der Waals surface area contributed by atoms with Gasteiger partial charge in [0.15, 0.2) is 0 Å². The number of rotatable bonds is 6. The summed E-state index contributed by atoms with van der Waals surface area (Å²) in [6.45, 7) is 10.4. The first-order valence-electron chi connectivity index (χ1n) is 7.17. The average Bonchev–Trinajstić information content (AvgIpc) is 2.43. The van der Waals surface area contributed by atoms with E-state index in [4.69, 9.17) is 4.74 Å². The Kier molecular flexibility index (Phi) is 4.61. The topological polar surface area (TPSA) is 34.1 Å². The van der Waals surface area contributed by atoms with Crippen molar-refractivity contribution in [1.82, 2.24) is 10.3 Å². The largest absolute Gasteiger partial charge is 0.493 e. The highest BCUT2D eigenvalue weighted by molar-refractivity contribution is 5.79. The molecule has 0 unspecified atom stereocenters. The molecule has 3 heteroatoms. The number of fused-ring (bicyclic) bond motifs is 1. The molecule has 0 amide bonds. The van der Waals surface area contributed by atoms with Gasteiger partial charge in [-0.25, -0.2) is 0 Å². The van der Waals surface area contributed by atoms with Crippen molar-refractivity contribution in [3.8, 4) is 5.75 Å². The summed E-state index contributed by atoms with van der Waals surface area (Å²) in [5, 5.41) is 4.60. The lowest BCUT2D eigenvalue weighted by Crippen LogP contribution is -2.37. The summed E-state index contributed by atoms with van der Waals surface area (Å²) in [7, 11) is 0. The lowest BCUT2D eigenvalue weighted by molar-refractivity contribution is 0.173. The van der Waals surface area contributed by atoms with E-state index in [-0.39, 0.29) is 5.41 Å². The molecule has 1 N–H and O–H groups in total. The number of hydrogen-bond donors (Lipinski definition) is 1. The van der Waals surface area contributed by atoms with Crippen LogP contribution in [0.5, 0.6) is 5.75 Å². The van der Waals surface area contributed by atoms with Crippen molar-refractivity contribution in [2.24, 2.45) is 5.41 Å². The van der Waals surface area contributed by atoms with Crippen molar-refractivity contribution in [3.05, 3.63) is 36.5 Å². The van der Waals surface area contributed by atoms with Gasteiger partial charge in [-0.2, -0.15) is 0 Å². The summed E-state index contributed by atoms with van der Waals surface area (Å²) in [5.41, 5.74) is 1.08. The maximum Gasteiger partial charge on any atom is 0.121 e. The number of benzene rings is 1. The van der Waals surface area contributed by atoms with Gasteiger partial charge in [0.2, 0.25) is 0 Å². The van der Waals surface area contributed by atoms with E-state index in [1.54, 1.807) is 0 Å². The molecule has 1 aromatic carbocycles. The minimum atomic E-state index is 0.101. The number of ether oxygens (including phenoxy) is 1. The molecule has 1 heterocycles. The Morgan fingerprint density at radius 3 is 2.80 bits per heavy atom. The van der Waals surface area contributed by atoms with Gasteiger partial charge in [-0.1, -0.05) is 33.8 Å². The summed E-state index contributed by atoms with van der Waals surface area (Å²) in [4.78, 5) is 4.35. The van der Waals surface area contributed by atoms with Crippen LogP contribution in [0.15, 0.2) is 36.5 Å². The Bertz CT molecular complexity index is 564. The summed E-state index contributed by atoms with van der Waals surface area (Å²) in [6.07, 6.45) is 1.81. The molecule has 0 aliphatic carbocycles. The first-order valence-corrected chi connectivity index (χ1v) is 7.17. The summed E-state index contributed by atoms with van der Waals surface area (Å²) in [5.74, 6) is 0.883. The van der Waals surface area contributed by atoms with Gasteiger partial charge < -0.3 is 10.1 Å². The summed E-state index contributed by atoms with van der Waals surface area (Å²) < 4.78 is 5.93. The van der Waals surface area contributed by atoms with Crippen molar-refractivity contribution < 1.29 is 4.74 Å². The molecule has 0 radical (unpaired) electrons. The zero-order valence-corrected chi connectivity index (χ0v) is 12.8. The first-order chi connectivity index (χ1) is 9.46. The fourth-order valence-electron chi connectivity index (χ4n) is 1.95. The van der Waals surface area contributed by atoms with Gasteiger partial charge in [0.05, 0.1) is 12.1 Å². The summed E-state index contributed by atoms with van der Waals surface area (Å²) in [6, 6.07) is 10.6. The molecule has 0 bridgehead atoms. The van der Waals surface area contributed by atoms with E-state index in [1.165, 1.54) is 0 Å². The average molecular weight is 272 g/mol. The zero-order valence-electron chi connectivity index (χ0n) is 12.8. The second kappa shape index (κ2) is 6.23. The lowest BCUT2D eigenvalue weighted by atomic mass is 9.94. The third kappa shape index (κ3) is 4.20. The minimum absolute atomic E-state index is 0.101. The molecule has 2 rings (SSSR count). The van der Waals surface area contributed by atoms with Gasteiger partial charge in [-0.3, -0.25) is 4.98 Å². The molecule has 0 fully saturated rings. The van der Waals surface area contributed by atoms with E-state index in [0.717, 1.165) is 23.2 Å². The summed E-state index contributed by atoms with van der Waals surface area (Å²) >= 11 is 0. The van der Waals surface area contributed by atoms with Crippen LogP contribution in [-0.4, -0.2) is 24.2 Å². The van der Waals surface area contributed by atoms with Crippen LogP contribution in [0, 0.1) is 5.41 Å². The van der Waals surface area contributed by atoms with Gasteiger partial charge in [0.1, 0.15) is 5.75 Å². The van der Waals surface area contributed by atoms with Crippen molar-refractivity contribution in [2.45, 2.75) is 33.7 Å². The number of aromatic nitrogens is 1. The molecule has 0 atom stereocenters. The highest BCUT2D eigenvalue weighted by Gasteiger charge is 2.19. The van der Waals surface area contributed by atoms with Crippen molar-refractivity contribution in [1.29, 1.82) is 0 Å². The maximum absolute atomic E-state index is 5.93. The predicted octanol–water partition coefficient (Wildman–Crippen LogP) is 3.64. The molecule has 0 aliphatic heterocycles. The van der Waals surface area contributed by atoms with E-state index in [1.807, 2.05) is 24.4 Å². The molecule has 1 aromatic heterocycles. The molecule has 0 aliphatic rings. The Labute approximate surface area is 121 Å². The smallest absolute Gasteiger partial charge is 0.121 e. The zero-order chi connectivity index (χ0) is 14.6. The van der Waals surface area contributed by atoms with Crippen molar-refractivity contribution in [3.63, 3.8) is 0 Å². The first kappa shape index (κ1) is 14.8. The van der Waals surface area contributed by atoms with Crippen LogP contribution in [0.3, 0.4) is 0 Å². The SMILES string of the molecule is CC(C)NCC(C)(C)COc1ccc2cccnc2c1. The fourth-order valence-corrected chi connectivity index (χ4v) is 1.95. The molecule has 108 valence electrons. The van der Waals surface area contributed by atoms with E-state index in [0.29, 0.717) is 12.6 Å². The Balaban J connectivity index is 1.98. The minimum Gasteiger partial charge on any atom is -0.493 e. The Morgan fingerprint density at radius 1 is 1.25 bits per heavy atom. The molecule has 0 saturated heterocycles. The van der Waals surface area contributed by atoms with Crippen LogP contribution in [0.4, 0.5) is 0 Å². The van der Waals surface area contributed by atoms with E-state index >= 15 is 0 Å². The van der Waals surface area contributed by atoms with E-state index in [2.05, 4.69) is 50.1 Å². The van der Waals surface area contributed by atoms with Crippen LogP contribution in [0.2, 0.25) is 0 Å². The van der Waals surface area contributed by atoms with Gasteiger partial charge in [0, 0.05) is 35.7 Å². The molecule has 3 nitrogen and oxygen atoms in total. The maximum atomic E-state index is 5.93. The Hall–Kier alpha value is -1.61. The van der Waals surface area contributed by atoms with Crippen LogP contribution in [-0.2, 0) is 0 Å². The molecule has 0 spiro atoms. The second-order valence-electron chi connectivity index (χ2n) is 6.35. The van der Waals surface area contributed by atoms with Crippen molar-refractivity contribution in [2.75, 3.05) is 13.2 Å². The molecule has 0 saturated carbocycles. The van der Waals surface area contributed by atoms with Gasteiger partial charge >= 0.3 is 0 Å². The van der Waals surface area contributed by atoms with Crippen LogP contribution in [0.1, 0.15) is 27.7 Å². The quantitative estimate of drug-likeness (QED) is 0.871. The lowest BCUT2D eigenvalue weighted by Gasteiger charge is -2.26. The number of hydrogen-bond acceptors (Lipinski definition) is 3. The van der Waals surface area contributed by atoms with Gasteiger partial charge in [0.25, 0.3) is 0 Å². The Morgan fingerprint density at radius 2 is 2.05 bits per heavy atom. The molecule has 20 heavy (non-hydrogen) atoms. The highest BCUT2D eigenvalue weighted by atomic mass is 16.5. The second-order valence-corrected chi connectivity index (χ2v) is 6.35. The van der Waals surface area contributed by atoms with E-state index in [9.17, 15) is 0 Å². The fraction of sp³-hybridized carbons (Fsp3) is 0.471. The standard InChI is InChI=1S/C17H24N2O/c1-13(2)19-11-17(3,4)12-20-15-8-7-14-6-5-9-18-16(14)10-15/h5-10,13,19H,11-12H2,1-4H3. The van der Waals surface area contributed by atoms with Crippen molar-refractivity contribution >= 4 is 10.9 Å². The third-order valence-electron chi connectivity index (χ3n) is 3.20. The number of nitrogens with one attached hydrogen (secondary N) is 1. The van der Waals surface area contributed by atoms with Crippen LogP contribution >= 0.6 is 0 Å².